The number of nitrogens with zero attached hydrogens (tertiary/aromatic N) is 3. The number of rotatable bonds is 8. The Hall–Kier alpha value is -9.26. The zero-order valence-electron chi connectivity index (χ0n) is 46.1. The second-order valence-corrected chi connectivity index (χ2v) is 22.3. The molecule has 0 amide bonds. The zero-order chi connectivity index (χ0) is 55.3. The van der Waals surface area contributed by atoms with Gasteiger partial charge in [0, 0.05) is 32.7 Å². The Morgan fingerprint density at radius 3 is 0.875 bits per heavy atom. The summed E-state index contributed by atoms with van der Waals surface area (Å²) in [5.74, 6) is 0. The minimum Gasteiger partial charge on any atom is -0.309 e. The molecule has 0 fully saturated rings. The van der Waals surface area contributed by atoms with Crippen LogP contribution in [0.5, 0.6) is 0 Å². The van der Waals surface area contributed by atoms with Gasteiger partial charge >= 0.3 is 6.18 Å². The molecule has 0 spiro atoms. The maximum Gasteiger partial charge on any atom is 0.420 e. The Morgan fingerprint density at radius 1 is 0.275 bits per heavy atom. The number of benzene rings is 10. The number of aromatic nitrogens is 3. The number of fused-ring (bicyclic) bond motifs is 6. The van der Waals surface area contributed by atoms with Crippen molar-refractivity contribution >= 4 is 43.6 Å². The van der Waals surface area contributed by atoms with Gasteiger partial charge < -0.3 is 9.13 Å². The van der Waals surface area contributed by atoms with Crippen LogP contribution in [0, 0.1) is 55.4 Å². The van der Waals surface area contributed by atoms with Gasteiger partial charge in [0.15, 0.2) is 0 Å². The monoisotopic (exact) mass is 1050 g/mol. The molecule has 0 radical (unpaired) electrons. The van der Waals surface area contributed by atoms with Gasteiger partial charge in [-0.2, -0.15) is 13.2 Å². The molecule has 0 unspecified atom stereocenters. The lowest BCUT2D eigenvalue weighted by Crippen LogP contribution is -2.16. The average Bonchev–Trinajstić information content (AvgIpc) is 3.99. The molecule has 10 aromatic carbocycles. The molecule has 0 aliphatic carbocycles. The van der Waals surface area contributed by atoms with Gasteiger partial charge in [0.05, 0.1) is 44.8 Å². The third kappa shape index (κ3) is 9.05. The van der Waals surface area contributed by atoms with Crippen molar-refractivity contribution in [3.05, 3.63) is 256 Å². The van der Waals surface area contributed by atoms with Crippen LogP contribution >= 0.6 is 0 Å². The fraction of sp³-hybridized carbons (Fsp3) is 0.122. The largest absolute Gasteiger partial charge is 0.420 e. The topological polar surface area (TPSA) is 22.8 Å². The molecular weight excluding hydrogens is 988 g/mol. The van der Waals surface area contributed by atoms with Crippen molar-refractivity contribution in [3.8, 4) is 78.4 Å². The minimum atomic E-state index is -4.86. The van der Waals surface area contributed by atoms with Crippen molar-refractivity contribution in [1.29, 1.82) is 0 Å². The van der Waals surface area contributed by atoms with Crippen molar-refractivity contribution < 1.29 is 13.2 Å². The predicted octanol–water partition coefficient (Wildman–Crippen LogP) is 20.8. The van der Waals surface area contributed by atoms with Crippen LogP contribution in [0.3, 0.4) is 0 Å². The van der Waals surface area contributed by atoms with Gasteiger partial charge in [0.2, 0.25) is 0 Å². The smallest absolute Gasteiger partial charge is 0.309 e. The number of alkyl halides is 3. The van der Waals surface area contributed by atoms with E-state index in [9.17, 15) is 0 Å². The average molecular weight is 1050 g/mol. The highest BCUT2D eigenvalue weighted by Gasteiger charge is 2.40. The molecular formula is C74H58F3N3. The van der Waals surface area contributed by atoms with E-state index in [1.165, 1.54) is 0 Å². The Balaban J connectivity index is 1.16. The lowest BCUT2D eigenvalue weighted by molar-refractivity contribution is -0.137. The first-order valence-corrected chi connectivity index (χ1v) is 27.3. The van der Waals surface area contributed by atoms with Gasteiger partial charge in [-0.05, 0) is 173 Å². The molecule has 13 rings (SSSR count). The summed E-state index contributed by atoms with van der Waals surface area (Å²) in [5.41, 5.74) is 21.8. The van der Waals surface area contributed by atoms with Crippen molar-refractivity contribution in [3.63, 3.8) is 0 Å². The molecule has 0 atom stereocenters. The van der Waals surface area contributed by atoms with Crippen LogP contribution in [0.2, 0.25) is 0 Å². The van der Waals surface area contributed by atoms with Crippen LogP contribution in [0.15, 0.2) is 206 Å². The number of hydrogen-bond acceptors (Lipinski definition) is 1. The maximum absolute atomic E-state index is 17.3. The third-order valence-electron chi connectivity index (χ3n) is 15.7. The zero-order valence-corrected chi connectivity index (χ0v) is 46.1. The molecule has 3 aromatic heterocycles. The van der Waals surface area contributed by atoms with Crippen LogP contribution < -0.4 is 0 Å². The molecule has 0 aliphatic heterocycles. The quantitative estimate of drug-likeness (QED) is 0.149. The molecule has 13 aromatic rings. The molecule has 390 valence electrons. The Kier molecular flexibility index (Phi) is 12.1. The Bertz CT molecular complexity index is 4120. The summed E-state index contributed by atoms with van der Waals surface area (Å²) in [5, 5.41) is 3.40. The van der Waals surface area contributed by atoms with E-state index < -0.39 is 11.7 Å². The van der Waals surface area contributed by atoms with E-state index in [-0.39, 0.29) is 11.4 Å². The summed E-state index contributed by atoms with van der Waals surface area (Å²) >= 11 is 0. The van der Waals surface area contributed by atoms with E-state index >= 15 is 13.2 Å². The van der Waals surface area contributed by atoms with E-state index in [1.54, 1.807) is 12.1 Å². The lowest BCUT2D eigenvalue weighted by atomic mass is 9.97. The van der Waals surface area contributed by atoms with Gasteiger partial charge in [-0.1, -0.05) is 178 Å². The lowest BCUT2D eigenvalue weighted by Gasteiger charge is -2.23. The van der Waals surface area contributed by atoms with Crippen molar-refractivity contribution in [2.75, 3.05) is 0 Å². The normalized spacial score (nSPS) is 11.9. The Morgan fingerprint density at radius 2 is 0.575 bits per heavy atom. The standard InChI is InChI=1S/C74H58F3N3/c1-43-25-44(2)30-56(29-43)52-17-21-67-61(37-52)62-38-53(57-31-45(3)26-46(4)32-57)18-22-68(62)79(67)71-41-60(66-16-12-15-65(78-66)51-13-10-9-11-14-51)42-72(73(71)74(75,76)77)80-69-23-19-54(58-33-47(5)27-48(6)34-58)39-63(69)64-40-55(20-24-70(64)80)59-35-49(7)28-50(8)36-59/h9-42H,1-8H3. The molecule has 3 nitrogen and oxygen atoms in total. The van der Waals surface area contributed by atoms with E-state index in [2.05, 4.69) is 152 Å². The fourth-order valence-electron chi connectivity index (χ4n) is 12.6. The SMILES string of the molecule is Cc1cc(C)cc(-c2ccc3c(c2)c2cc(-c4cc(C)cc(C)c4)ccc2n3-c2cc(-c3cccc(-c4ccccc4)n3)cc(-n3c4ccc(-c5cc(C)cc(C)c5)cc4c4cc(-c5cc(C)cc(C)c5)ccc43)c2C(F)(F)F)c1. The number of aryl methyl sites for hydroxylation is 8. The molecule has 0 N–H and O–H groups in total. The summed E-state index contributed by atoms with van der Waals surface area (Å²) in [6, 6.07) is 69.9. The summed E-state index contributed by atoms with van der Waals surface area (Å²) in [6.45, 7) is 16.7. The predicted molar refractivity (Wildman–Crippen MR) is 328 cm³/mol. The highest BCUT2D eigenvalue weighted by molar-refractivity contribution is 6.14. The number of halogens is 3. The van der Waals surface area contributed by atoms with Crippen molar-refractivity contribution in [1.82, 2.24) is 14.1 Å². The third-order valence-corrected chi connectivity index (χ3v) is 15.7. The van der Waals surface area contributed by atoms with Crippen LogP contribution in [-0.4, -0.2) is 14.1 Å². The second kappa shape index (κ2) is 19.3. The van der Waals surface area contributed by atoms with Crippen molar-refractivity contribution in [2.24, 2.45) is 0 Å². The van der Waals surface area contributed by atoms with Gasteiger partial charge in [0.1, 0.15) is 5.56 Å². The summed E-state index contributed by atoms with van der Waals surface area (Å²) in [6.07, 6.45) is -4.86. The molecule has 80 heavy (non-hydrogen) atoms. The highest BCUT2D eigenvalue weighted by Crippen LogP contribution is 2.48. The van der Waals surface area contributed by atoms with Crippen LogP contribution in [-0.2, 0) is 6.18 Å². The molecule has 0 saturated carbocycles. The molecule has 3 heterocycles. The summed E-state index contributed by atoms with van der Waals surface area (Å²) < 4.78 is 55.6. The second-order valence-electron chi connectivity index (χ2n) is 22.3. The van der Waals surface area contributed by atoms with E-state index in [1.807, 2.05) is 106 Å². The maximum atomic E-state index is 17.3. The molecule has 0 saturated heterocycles. The summed E-state index contributed by atoms with van der Waals surface area (Å²) in [7, 11) is 0. The van der Waals surface area contributed by atoms with Crippen LogP contribution in [0.1, 0.15) is 50.1 Å². The molecule has 0 bridgehead atoms. The molecule has 0 aliphatic rings. The fourth-order valence-corrected chi connectivity index (χ4v) is 12.6. The van der Waals surface area contributed by atoms with Crippen LogP contribution in [0.4, 0.5) is 13.2 Å². The van der Waals surface area contributed by atoms with E-state index in [0.717, 1.165) is 122 Å². The van der Waals surface area contributed by atoms with E-state index in [4.69, 9.17) is 4.98 Å². The highest BCUT2D eigenvalue weighted by atomic mass is 19.4. The first-order chi connectivity index (χ1) is 38.5. The first kappa shape index (κ1) is 50.3. The van der Waals surface area contributed by atoms with Gasteiger partial charge in [-0.15, -0.1) is 0 Å². The van der Waals surface area contributed by atoms with Crippen LogP contribution in [0.25, 0.3) is 122 Å². The number of pyridine rings is 1. The van der Waals surface area contributed by atoms with Crippen molar-refractivity contribution in [2.45, 2.75) is 61.6 Å². The number of hydrogen-bond donors (Lipinski definition) is 0. The van der Waals surface area contributed by atoms with Gasteiger partial charge in [-0.25, -0.2) is 4.98 Å². The Labute approximate surface area is 464 Å². The van der Waals surface area contributed by atoms with Gasteiger partial charge in [0.25, 0.3) is 0 Å². The van der Waals surface area contributed by atoms with Gasteiger partial charge in [-0.3, -0.25) is 0 Å². The first-order valence-electron chi connectivity index (χ1n) is 27.3. The minimum absolute atomic E-state index is 0.00364. The molecule has 6 heteroatoms. The summed E-state index contributed by atoms with van der Waals surface area (Å²) in [4.78, 5) is 5.24. The van der Waals surface area contributed by atoms with E-state index in [0.29, 0.717) is 33.3 Å².